The fraction of sp³-hybridized carbons (Fsp3) is 0.562. The second kappa shape index (κ2) is 8.68. The van der Waals surface area contributed by atoms with Crippen molar-refractivity contribution in [3.05, 3.63) is 29.3 Å². The quantitative estimate of drug-likeness (QED) is 0.721. The largest absolute Gasteiger partial charge is 0.444 e. The third kappa shape index (κ3) is 7.99. The van der Waals surface area contributed by atoms with Gasteiger partial charge in [-0.05, 0) is 75.0 Å². The van der Waals surface area contributed by atoms with E-state index in [1.165, 1.54) is 16.3 Å². The summed E-state index contributed by atoms with van der Waals surface area (Å²) in [6.45, 7) is 9.83. The Morgan fingerprint density at radius 2 is 2.00 bits per heavy atom. The molecule has 136 valence electrons. The first-order valence-electron chi connectivity index (χ1n) is 7.58. The topological polar surface area (TPSA) is 59.0 Å². The molecule has 0 aromatic heterocycles. The van der Waals surface area contributed by atoms with Gasteiger partial charge in [0.25, 0.3) is 0 Å². The number of carbonyl (C=O) groups is 1. The van der Waals surface area contributed by atoms with Gasteiger partial charge in [-0.3, -0.25) is 0 Å². The van der Waals surface area contributed by atoms with Crippen LogP contribution in [0.1, 0.15) is 31.9 Å². The fourth-order valence-corrected chi connectivity index (χ4v) is 5.41. The number of nitrogens with zero attached hydrogens (tertiary/aromatic N) is 1. The summed E-state index contributed by atoms with van der Waals surface area (Å²) < 4.78 is 10.7. The van der Waals surface area contributed by atoms with Crippen molar-refractivity contribution in [3.63, 3.8) is 0 Å². The Kier molecular flexibility index (Phi) is 7.75. The highest BCUT2D eigenvalue weighted by molar-refractivity contribution is 8.67. The smallest absolute Gasteiger partial charge is 0.410 e. The summed E-state index contributed by atoms with van der Waals surface area (Å²) in [5, 5.41) is 0. The van der Waals surface area contributed by atoms with E-state index in [0.29, 0.717) is 6.54 Å². The third-order valence-electron chi connectivity index (χ3n) is 2.94. The van der Waals surface area contributed by atoms with Crippen LogP contribution < -0.4 is 0 Å². The van der Waals surface area contributed by atoms with Crippen molar-refractivity contribution in [2.75, 3.05) is 20.2 Å². The Balaban J connectivity index is 2.52. The SMILES string of the molecule is Cc1ccc(C)c(SP(O)(=S)OCCN(C)C(=O)OC(C)(C)C)c1. The highest BCUT2D eigenvalue weighted by atomic mass is 32.9. The maximum Gasteiger partial charge on any atom is 0.410 e. The number of carbonyl (C=O) groups excluding carboxylic acids is 1. The number of amides is 1. The van der Waals surface area contributed by atoms with Gasteiger partial charge in [-0.25, -0.2) is 4.79 Å². The van der Waals surface area contributed by atoms with Gasteiger partial charge in [0.2, 0.25) is 5.69 Å². The molecule has 1 amide bonds. The van der Waals surface area contributed by atoms with E-state index in [9.17, 15) is 9.69 Å². The highest BCUT2D eigenvalue weighted by Gasteiger charge is 2.21. The monoisotopic (exact) mass is 391 g/mol. The van der Waals surface area contributed by atoms with Crippen LogP contribution in [0, 0.1) is 13.8 Å². The van der Waals surface area contributed by atoms with E-state index in [1.807, 2.05) is 52.8 Å². The number of aryl methyl sites for hydroxylation is 2. The van der Waals surface area contributed by atoms with E-state index in [4.69, 9.17) is 21.1 Å². The molecule has 0 saturated carbocycles. The molecule has 0 fully saturated rings. The molecule has 5 nitrogen and oxygen atoms in total. The molecule has 0 bridgehead atoms. The van der Waals surface area contributed by atoms with Crippen molar-refractivity contribution in [3.8, 4) is 0 Å². The van der Waals surface area contributed by atoms with Gasteiger partial charge in [0, 0.05) is 18.5 Å². The molecule has 1 aromatic carbocycles. The third-order valence-corrected chi connectivity index (χ3v) is 6.91. The number of hydrogen-bond donors (Lipinski definition) is 1. The molecule has 1 N–H and O–H groups in total. The maximum atomic E-state index is 11.9. The second-order valence-corrected chi connectivity index (χ2v) is 12.6. The van der Waals surface area contributed by atoms with Gasteiger partial charge >= 0.3 is 6.09 Å². The number of benzene rings is 1. The van der Waals surface area contributed by atoms with Gasteiger partial charge < -0.3 is 19.1 Å². The van der Waals surface area contributed by atoms with E-state index < -0.39 is 17.4 Å². The van der Waals surface area contributed by atoms with Crippen molar-refractivity contribution in [1.82, 2.24) is 4.90 Å². The lowest BCUT2D eigenvalue weighted by atomic mass is 10.2. The molecule has 1 unspecified atom stereocenters. The molecule has 0 aliphatic carbocycles. The lowest BCUT2D eigenvalue weighted by molar-refractivity contribution is 0.0279. The molecule has 0 aliphatic heterocycles. The number of ether oxygens (including phenoxy) is 1. The molecular formula is C16H26NO4PS2. The van der Waals surface area contributed by atoms with Gasteiger partial charge in [-0.2, -0.15) is 0 Å². The molecule has 24 heavy (non-hydrogen) atoms. The highest BCUT2D eigenvalue weighted by Crippen LogP contribution is 2.60. The summed E-state index contributed by atoms with van der Waals surface area (Å²) >= 11 is 6.39. The molecule has 1 atom stereocenters. The Morgan fingerprint density at radius 1 is 1.38 bits per heavy atom. The van der Waals surface area contributed by atoms with Crippen LogP contribution in [-0.4, -0.2) is 41.7 Å². The number of hydrogen-bond acceptors (Lipinski definition) is 5. The zero-order chi connectivity index (χ0) is 18.5. The lowest BCUT2D eigenvalue weighted by Crippen LogP contribution is -2.35. The Bertz CT molecular complexity index is 631. The van der Waals surface area contributed by atoms with Gasteiger partial charge in [0.15, 0.2) is 0 Å². The van der Waals surface area contributed by atoms with E-state index >= 15 is 0 Å². The lowest BCUT2D eigenvalue weighted by Gasteiger charge is -2.25. The van der Waals surface area contributed by atoms with Crippen LogP contribution in [0.2, 0.25) is 0 Å². The average molecular weight is 391 g/mol. The normalized spacial score (nSPS) is 14.1. The zero-order valence-corrected chi connectivity index (χ0v) is 17.6. The minimum atomic E-state index is -3.02. The molecular weight excluding hydrogens is 365 g/mol. The van der Waals surface area contributed by atoms with Crippen LogP contribution in [0.5, 0.6) is 0 Å². The summed E-state index contributed by atoms with van der Waals surface area (Å²) in [6.07, 6.45) is -0.431. The summed E-state index contributed by atoms with van der Waals surface area (Å²) in [5.41, 5.74) is -1.42. The van der Waals surface area contributed by atoms with Crippen LogP contribution in [0.25, 0.3) is 0 Å². The van der Waals surface area contributed by atoms with Gasteiger partial charge in [0.05, 0.1) is 6.61 Å². The Labute approximate surface area is 153 Å². The fourth-order valence-electron chi connectivity index (χ4n) is 1.68. The molecule has 8 heteroatoms. The minimum Gasteiger partial charge on any atom is -0.444 e. The van der Waals surface area contributed by atoms with Crippen LogP contribution in [0.4, 0.5) is 4.79 Å². The van der Waals surface area contributed by atoms with E-state index in [0.717, 1.165) is 16.0 Å². The van der Waals surface area contributed by atoms with Crippen molar-refractivity contribution in [2.45, 2.75) is 45.1 Å². The van der Waals surface area contributed by atoms with Gasteiger partial charge in [0.1, 0.15) is 5.60 Å². The average Bonchev–Trinajstić information content (AvgIpc) is 2.40. The summed E-state index contributed by atoms with van der Waals surface area (Å²) in [6, 6.07) is 5.98. The summed E-state index contributed by atoms with van der Waals surface area (Å²) in [7, 11) is 1.62. The van der Waals surface area contributed by atoms with Crippen LogP contribution >= 0.6 is 17.1 Å². The summed E-state index contributed by atoms with van der Waals surface area (Å²) in [4.78, 5) is 24.5. The predicted octanol–water partition coefficient (Wildman–Crippen LogP) is 4.50. The number of likely N-dealkylation sites (N-methyl/N-ethyl adjacent to an activating group) is 1. The molecule has 0 radical (unpaired) electrons. The van der Waals surface area contributed by atoms with E-state index in [-0.39, 0.29) is 6.61 Å². The van der Waals surface area contributed by atoms with Crippen molar-refractivity contribution in [2.24, 2.45) is 0 Å². The van der Waals surface area contributed by atoms with Crippen LogP contribution in [0.3, 0.4) is 0 Å². The Hall–Kier alpha value is -0.590. The molecule has 0 aliphatic rings. The predicted molar refractivity (Wildman–Crippen MR) is 103 cm³/mol. The van der Waals surface area contributed by atoms with E-state index in [1.54, 1.807) is 7.05 Å². The van der Waals surface area contributed by atoms with Gasteiger partial charge in [-0.15, -0.1) is 0 Å². The zero-order valence-electron chi connectivity index (χ0n) is 15.0. The maximum absolute atomic E-state index is 11.9. The molecule has 1 aromatic rings. The first kappa shape index (κ1) is 21.5. The van der Waals surface area contributed by atoms with Crippen LogP contribution in [-0.2, 0) is 21.1 Å². The first-order valence-corrected chi connectivity index (χ1v) is 11.7. The standard InChI is InChI=1S/C16H26NO4PS2/c1-12-7-8-13(2)14(11-12)24-22(19,23)20-10-9-17(6)15(18)21-16(3,4)5/h7-8,11H,9-10H2,1-6H3,(H,19,23). The van der Waals surface area contributed by atoms with Gasteiger partial charge in [-0.1, -0.05) is 12.1 Å². The Morgan fingerprint density at radius 3 is 2.58 bits per heavy atom. The van der Waals surface area contributed by atoms with Crippen molar-refractivity contribution < 1.29 is 18.9 Å². The second-order valence-electron chi connectivity index (χ2n) is 6.56. The van der Waals surface area contributed by atoms with Crippen LogP contribution in [0.15, 0.2) is 23.1 Å². The van der Waals surface area contributed by atoms with E-state index in [2.05, 4.69) is 0 Å². The molecule has 1 rings (SSSR count). The number of rotatable bonds is 6. The summed E-state index contributed by atoms with van der Waals surface area (Å²) in [5.74, 6) is 0. The van der Waals surface area contributed by atoms with Crippen molar-refractivity contribution >= 4 is 35.0 Å². The molecule has 0 saturated heterocycles. The van der Waals surface area contributed by atoms with Crippen molar-refractivity contribution in [1.29, 1.82) is 0 Å². The minimum absolute atomic E-state index is 0.154. The first-order chi connectivity index (χ1) is 10.9. The molecule has 0 heterocycles. The molecule has 0 spiro atoms.